The summed E-state index contributed by atoms with van der Waals surface area (Å²) in [5, 5.41) is 2.58. The maximum Gasteiger partial charge on any atom is 0.0301 e. The highest BCUT2D eigenvalue weighted by Gasteiger charge is 2.09. The van der Waals surface area contributed by atoms with Crippen molar-refractivity contribution in [2.24, 2.45) is 11.7 Å². The molecule has 0 heterocycles. The van der Waals surface area contributed by atoms with Crippen LogP contribution in [-0.4, -0.2) is 0 Å². The smallest absolute Gasteiger partial charge is 0.0301 e. The minimum absolute atomic E-state index is 0. The summed E-state index contributed by atoms with van der Waals surface area (Å²) in [7, 11) is 0. The summed E-state index contributed by atoms with van der Waals surface area (Å²) in [6, 6.07) is 15.0. The van der Waals surface area contributed by atoms with Crippen LogP contribution in [-0.2, 0) is 0 Å². The Balaban J connectivity index is 0.00000162. The van der Waals surface area contributed by atoms with E-state index in [1.54, 1.807) is 0 Å². The second-order valence-electron chi connectivity index (χ2n) is 5.15. The molecule has 1 atom stereocenters. The van der Waals surface area contributed by atoms with Gasteiger partial charge in [0.1, 0.15) is 0 Å². The normalized spacial score (nSPS) is 12.4. The van der Waals surface area contributed by atoms with Gasteiger partial charge in [0.25, 0.3) is 0 Å². The third kappa shape index (κ3) is 3.47. The van der Waals surface area contributed by atoms with Crippen molar-refractivity contribution in [2.75, 3.05) is 0 Å². The van der Waals surface area contributed by atoms with Crippen LogP contribution in [0.15, 0.2) is 42.5 Å². The molecule has 0 aliphatic rings. The highest BCUT2D eigenvalue weighted by molar-refractivity contribution is 5.86. The van der Waals surface area contributed by atoms with Gasteiger partial charge in [0.2, 0.25) is 0 Å². The van der Waals surface area contributed by atoms with Crippen molar-refractivity contribution in [1.29, 1.82) is 0 Å². The van der Waals surface area contributed by atoms with E-state index in [1.165, 1.54) is 22.8 Å². The van der Waals surface area contributed by atoms with E-state index in [9.17, 15) is 0 Å². The number of benzene rings is 2. The molecule has 0 aliphatic heterocycles. The SMILES string of the molecule is CC(C)CC[C@@H](N)c1cccc2ccccc12.Cl. The number of fused-ring (bicyclic) bond motifs is 1. The van der Waals surface area contributed by atoms with Gasteiger partial charge in [0.05, 0.1) is 0 Å². The van der Waals surface area contributed by atoms with E-state index in [0.717, 1.165) is 12.3 Å². The van der Waals surface area contributed by atoms with Crippen LogP contribution in [0.5, 0.6) is 0 Å². The molecule has 0 amide bonds. The molecule has 0 saturated heterocycles. The monoisotopic (exact) mass is 263 g/mol. The molecule has 0 spiro atoms. The van der Waals surface area contributed by atoms with Crippen molar-refractivity contribution in [1.82, 2.24) is 0 Å². The average Bonchev–Trinajstić information content (AvgIpc) is 2.35. The molecule has 0 aromatic heterocycles. The Morgan fingerprint density at radius 3 is 2.33 bits per heavy atom. The molecule has 0 radical (unpaired) electrons. The van der Waals surface area contributed by atoms with Gasteiger partial charge < -0.3 is 5.73 Å². The van der Waals surface area contributed by atoms with Crippen molar-refractivity contribution in [3.8, 4) is 0 Å². The first-order valence-corrected chi connectivity index (χ1v) is 6.41. The molecule has 0 aliphatic carbocycles. The van der Waals surface area contributed by atoms with Gasteiger partial charge in [0, 0.05) is 6.04 Å². The molecule has 18 heavy (non-hydrogen) atoms. The Kier molecular flexibility index (Phi) is 5.64. The lowest BCUT2D eigenvalue weighted by Gasteiger charge is -2.15. The van der Waals surface area contributed by atoms with Crippen molar-refractivity contribution in [2.45, 2.75) is 32.7 Å². The van der Waals surface area contributed by atoms with Gasteiger partial charge in [-0.15, -0.1) is 12.4 Å². The molecule has 98 valence electrons. The second kappa shape index (κ2) is 6.77. The van der Waals surface area contributed by atoms with Crippen LogP contribution in [0.1, 0.15) is 38.3 Å². The molecular weight excluding hydrogens is 242 g/mol. The van der Waals surface area contributed by atoms with Gasteiger partial charge in [-0.05, 0) is 35.1 Å². The van der Waals surface area contributed by atoms with Crippen molar-refractivity contribution in [3.05, 3.63) is 48.0 Å². The van der Waals surface area contributed by atoms with Crippen LogP contribution in [0.3, 0.4) is 0 Å². The third-order valence-electron chi connectivity index (χ3n) is 3.28. The van der Waals surface area contributed by atoms with E-state index in [0.29, 0.717) is 0 Å². The molecule has 2 N–H and O–H groups in total. The van der Waals surface area contributed by atoms with Crippen LogP contribution in [0.4, 0.5) is 0 Å². The van der Waals surface area contributed by atoms with Crippen molar-refractivity contribution in [3.63, 3.8) is 0 Å². The molecule has 2 aromatic rings. The number of hydrogen-bond donors (Lipinski definition) is 1. The zero-order chi connectivity index (χ0) is 12.3. The lowest BCUT2D eigenvalue weighted by Crippen LogP contribution is -2.11. The Morgan fingerprint density at radius 2 is 1.61 bits per heavy atom. The second-order valence-corrected chi connectivity index (χ2v) is 5.15. The fraction of sp³-hybridized carbons (Fsp3) is 0.375. The van der Waals surface area contributed by atoms with E-state index in [-0.39, 0.29) is 18.4 Å². The summed E-state index contributed by atoms with van der Waals surface area (Å²) in [6.45, 7) is 4.49. The maximum atomic E-state index is 6.31. The number of halogens is 1. The van der Waals surface area contributed by atoms with Gasteiger partial charge in [-0.2, -0.15) is 0 Å². The van der Waals surface area contributed by atoms with Crippen LogP contribution in [0.25, 0.3) is 10.8 Å². The predicted molar refractivity (Wildman–Crippen MR) is 82.2 cm³/mol. The molecule has 2 rings (SSSR count). The Labute approximate surface area is 116 Å². The van der Waals surface area contributed by atoms with E-state index in [1.807, 2.05) is 0 Å². The van der Waals surface area contributed by atoms with Gasteiger partial charge in [-0.25, -0.2) is 0 Å². The zero-order valence-corrected chi connectivity index (χ0v) is 11.9. The number of hydrogen-bond acceptors (Lipinski definition) is 1. The van der Waals surface area contributed by atoms with Gasteiger partial charge in [-0.1, -0.05) is 56.3 Å². The predicted octanol–water partition coefficient (Wildman–Crippen LogP) is 4.70. The molecule has 2 heteroatoms. The molecule has 0 saturated carbocycles. The first-order chi connectivity index (χ1) is 8.18. The first-order valence-electron chi connectivity index (χ1n) is 6.41. The Bertz CT molecular complexity index is 488. The van der Waals surface area contributed by atoms with Gasteiger partial charge in [-0.3, -0.25) is 0 Å². The first kappa shape index (κ1) is 15.0. The summed E-state index contributed by atoms with van der Waals surface area (Å²) in [5.41, 5.74) is 7.59. The number of rotatable bonds is 4. The lowest BCUT2D eigenvalue weighted by atomic mass is 9.94. The van der Waals surface area contributed by atoms with E-state index in [2.05, 4.69) is 56.3 Å². The highest BCUT2D eigenvalue weighted by atomic mass is 35.5. The number of nitrogens with two attached hydrogens (primary N) is 1. The van der Waals surface area contributed by atoms with E-state index in [4.69, 9.17) is 5.73 Å². The van der Waals surface area contributed by atoms with Gasteiger partial charge in [0.15, 0.2) is 0 Å². The van der Waals surface area contributed by atoms with Crippen molar-refractivity contribution >= 4 is 23.2 Å². The fourth-order valence-corrected chi connectivity index (χ4v) is 2.24. The summed E-state index contributed by atoms with van der Waals surface area (Å²) >= 11 is 0. The minimum Gasteiger partial charge on any atom is -0.324 e. The van der Waals surface area contributed by atoms with Crippen LogP contribution < -0.4 is 5.73 Å². The summed E-state index contributed by atoms with van der Waals surface area (Å²) in [4.78, 5) is 0. The Hall–Kier alpha value is -1.05. The van der Waals surface area contributed by atoms with E-state index >= 15 is 0 Å². The molecule has 0 fully saturated rings. The third-order valence-corrected chi connectivity index (χ3v) is 3.28. The molecule has 1 nitrogen and oxygen atoms in total. The molecule has 0 bridgehead atoms. The van der Waals surface area contributed by atoms with Crippen molar-refractivity contribution < 1.29 is 0 Å². The summed E-state index contributed by atoms with van der Waals surface area (Å²) in [5.74, 6) is 0.719. The largest absolute Gasteiger partial charge is 0.324 e. The summed E-state index contributed by atoms with van der Waals surface area (Å²) < 4.78 is 0. The fourth-order valence-electron chi connectivity index (χ4n) is 2.24. The molecule has 0 unspecified atom stereocenters. The van der Waals surface area contributed by atoms with Crippen LogP contribution >= 0.6 is 12.4 Å². The van der Waals surface area contributed by atoms with Crippen LogP contribution in [0, 0.1) is 5.92 Å². The topological polar surface area (TPSA) is 26.0 Å². The van der Waals surface area contributed by atoms with Gasteiger partial charge >= 0.3 is 0 Å². The lowest BCUT2D eigenvalue weighted by molar-refractivity contribution is 0.508. The van der Waals surface area contributed by atoms with Crippen LogP contribution in [0.2, 0.25) is 0 Å². The van der Waals surface area contributed by atoms with E-state index < -0.39 is 0 Å². The zero-order valence-electron chi connectivity index (χ0n) is 11.1. The molecule has 2 aromatic carbocycles. The standard InChI is InChI=1S/C16H21N.ClH/c1-12(2)10-11-16(17)15-9-5-7-13-6-3-4-8-14(13)15;/h3-9,12,16H,10-11,17H2,1-2H3;1H/t16-;/m1./s1. The summed E-state index contributed by atoms with van der Waals surface area (Å²) in [6.07, 6.45) is 2.25. The highest BCUT2D eigenvalue weighted by Crippen LogP contribution is 2.26. The molecular formula is C16H22ClN. The minimum atomic E-state index is 0. The average molecular weight is 264 g/mol. The maximum absolute atomic E-state index is 6.31. The Morgan fingerprint density at radius 1 is 0.944 bits per heavy atom. The quantitative estimate of drug-likeness (QED) is 0.850.